The zero-order valence-electron chi connectivity index (χ0n) is 10.8. The SMILES string of the molecule is CCOCCN(C)S(=O)(=O)c1cc(Br)ccc1C. The molecule has 0 aliphatic heterocycles. The van der Waals surface area contributed by atoms with Crippen molar-refractivity contribution in [1.82, 2.24) is 4.31 Å². The molecule has 0 bridgehead atoms. The third-order valence-electron chi connectivity index (χ3n) is 2.59. The monoisotopic (exact) mass is 335 g/mol. The largest absolute Gasteiger partial charge is 0.380 e. The van der Waals surface area contributed by atoms with Crippen molar-refractivity contribution in [2.75, 3.05) is 26.8 Å². The third kappa shape index (κ3) is 3.78. The smallest absolute Gasteiger partial charge is 0.243 e. The van der Waals surface area contributed by atoms with Crippen LogP contribution in [0.4, 0.5) is 0 Å². The van der Waals surface area contributed by atoms with Crippen molar-refractivity contribution in [3.8, 4) is 0 Å². The van der Waals surface area contributed by atoms with E-state index in [1.165, 1.54) is 4.31 Å². The van der Waals surface area contributed by atoms with Crippen molar-refractivity contribution in [2.45, 2.75) is 18.7 Å². The average molecular weight is 336 g/mol. The standard InChI is InChI=1S/C12H18BrNO3S/c1-4-17-8-7-14(3)18(15,16)12-9-11(13)6-5-10(12)2/h5-6,9H,4,7-8H2,1-3H3. The number of benzene rings is 1. The first-order valence-electron chi connectivity index (χ1n) is 5.69. The van der Waals surface area contributed by atoms with Gasteiger partial charge in [-0.15, -0.1) is 0 Å². The van der Waals surface area contributed by atoms with Gasteiger partial charge in [0.1, 0.15) is 0 Å². The number of halogens is 1. The van der Waals surface area contributed by atoms with E-state index in [0.29, 0.717) is 24.7 Å². The Hall–Kier alpha value is -0.430. The summed E-state index contributed by atoms with van der Waals surface area (Å²) in [6.07, 6.45) is 0. The Balaban J connectivity index is 2.95. The van der Waals surface area contributed by atoms with Gasteiger partial charge in [0.15, 0.2) is 0 Å². The summed E-state index contributed by atoms with van der Waals surface area (Å²) in [4.78, 5) is 0.330. The zero-order valence-corrected chi connectivity index (χ0v) is 13.2. The molecule has 1 aromatic rings. The zero-order chi connectivity index (χ0) is 13.8. The van der Waals surface area contributed by atoms with Crippen molar-refractivity contribution >= 4 is 26.0 Å². The fourth-order valence-corrected chi connectivity index (χ4v) is 3.39. The van der Waals surface area contributed by atoms with Gasteiger partial charge in [-0.05, 0) is 31.5 Å². The highest BCUT2D eigenvalue weighted by atomic mass is 79.9. The lowest BCUT2D eigenvalue weighted by Crippen LogP contribution is -2.30. The fraction of sp³-hybridized carbons (Fsp3) is 0.500. The van der Waals surface area contributed by atoms with Gasteiger partial charge in [-0.25, -0.2) is 8.42 Å². The maximum atomic E-state index is 12.3. The lowest BCUT2D eigenvalue weighted by atomic mass is 10.2. The van der Waals surface area contributed by atoms with Crippen molar-refractivity contribution in [3.05, 3.63) is 28.2 Å². The lowest BCUT2D eigenvalue weighted by molar-refractivity contribution is 0.138. The molecule has 0 aliphatic carbocycles. The van der Waals surface area contributed by atoms with Gasteiger partial charge in [-0.2, -0.15) is 4.31 Å². The first kappa shape index (κ1) is 15.6. The second-order valence-corrected chi connectivity index (χ2v) is 6.86. The van der Waals surface area contributed by atoms with Crippen LogP contribution in [0.15, 0.2) is 27.6 Å². The third-order valence-corrected chi connectivity index (χ3v) is 5.09. The first-order valence-corrected chi connectivity index (χ1v) is 7.93. The number of hydrogen-bond donors (Lipinski definition) is 0. The summed E-state index contributed by atoms with van der Waals surface area (Å²) in [6, 6.07) is 5.24. The lowest BCUT2D eigenvalue weighted by Gasteiger charge is -2.18. The number of nitrogens with zero attached hydrogens (tertiary/aromatic N) is 1. The van der Waals surface area contributed by atoms with Gasteiger partial charge in [-0.1, -0.05) is 22.0 Å². The molecule has 0 N–H and O–H groups in total. The summed E-state index contributed by atoms with van der Waals surface area (Å²) in [5, 5.41) is 0. The maximum Gasteiger partial charge on any atom is 0.243 e. The summed E-state index contributed by atoms with van der Waals surface area (Å²) < 4.78 is 31.9. The van der Waals surface area contributed by atoms with Crippen LogP contribution in [0.5, 0.6) is 0 Å². The van der Waals surface area contributed by atoms with E-state index in [2.05, 4.69) is 15.9 Å². The Morgan fingerprint density at radius 3 is 2.67 bits per heavy atom. The molecule has 6 heteroatoms. The topological polar surface area (TPSA) is 46.6 Å². The summed E-state index contributed by atoms with van der Waals surface area (Å²) >= 11 is 3.29. The van der Waals surface area contributed by atoms with Gasteiger partial charge in [0.25, 0.3) is 0 Å². The van der Waals surface area contributed by atoms with Gasteiger partial charge in [0, 0.05) is 24.7 Å². The van der Waals surface area contributed by atoms with Crippen LogP contribution < -0.4 is 0 Å². The second-order valence-electron chi connectivity index (χ2n) is 3.93. The van der Waals surface area contributed by atoms with Crippen molar-refractivity contribution in [3.63, 3.8) is 0 Å². The molecule has 102 valence electrons. The van der Waals surface area contributed by atoms with Crippen LogP contribution in [-0.4, -0.2) is 39.5 Å². The maximum absolute atomic E-state index is 12.3. The van der Waals surface area contributed by atoms with Crippen LogP contribution >= 0.6 is 15.9 Å². The summed E-state index contributed by atoms with van der Waals surface area (Å²) in [7, 11) is -1.89. The molecule has 0 aromatic heterocycles. The highest BCUT2D eigenvalue weighted by Crippen LogP contribution is 2.23. The van der Waals surface area contributed by atoms with Gasteiger partial charge in [0.05, 0.1) is 11.5 Å². The fourth-order valence-electron chi connectivity index (χ4n) is 1.48. The predicted molar refractivity (Wildman–Crippen MR) is 75.2 cm³/mol. The molecule has 0 amide bonds. The van der Waals surface area contributed by atoms with Crippen molar-refractivity contribution in [1.29, 1.82) is 0 Å². The van der Waals surface area contributed by atoms with E-state index in [1.807, 2.05) is 13.0 Å². The number of sulfonamides is 1. The minimum Gasteiger partial charge on any atom is -0.380 e. The Bertz CT molecular complexity index is 502. The predicted octanol–water partition coefficient (Wildman–Crippen LogP) is 2.41. The highest BCUT2D eigenvalue weighted by molar-refractivity contribution is 9.10. The van der Waals surface area contributed by atoms with E-state index < -0.39 is 10.0 Å². The molecule has 0 saturated carbocycles. The van der Waals surface area contributed by atoms with E-state index in [4.69, 9.17) is 4.74 Å². The molecular weight excluding hydrogens is 318 g/mol. The van der Waals surface area contributed by atoms with Gasteiger partial charge < -0.3 is 4.74 Å². The number of likely N-dealkylation sites (N-methyl/N-ethyl adjacent to an activating group) is 1. The van der Waals surface area contributed by atoms with Crippen molar-refractivity contribution in [2.24, 2.45) is 0 Å². The molecule has 4 nitrogen and oxygen atoms in total. The summed E-state index contributed by atoms with van der Waals surface area (Å²) in [6.45, 7) is 5.01. The summed E-state index contributed by atoms with van der Waals surface area (Å²) in [5.74, 6) is 0. The van der Waals surface area contributed by atoms with E-state index in [1.54, 1.807) is 26.1 Å². The van der Waals surface area contributed by atoms with Crippen molar-refractivity contribution < 1.29 is 13.2 Å². The van der Waals surface area contributed by atoms with E-state index in [0.717, 1.165) is 10.0 Å². The average Bonchev–Trinajstić information content (AvgIpc) is 2.32. The van der Waals surface area contributed by atoms with E-state index in [-0.39, 0.29) is 0 Å². The molecule has 0 aliphatic rings. The van der Waals surface area contributed by atoms with Crippen LogP contribution in [0.2, 0.25) is 0 Å². The molecule has 0 saturated heterocycles. The van der Waals surface area contributed by atoms with Crippen LogP contribution in [0.25, 0.3) is 0 Å². The Morgan fingerprint density at radius 1 is 1.39 bits per heavy atom. The van der Waals surface area contributed by atoms with Crippen LogP contribution in [0.1, 0.15) is 12.5 Å². The van der Waals surface area contributed by atoms with Gasteiger partial charge >= 0.3 is 0 Å². The minimum atomic E-state index is -3.45. The first-order chi connectivity index (χ1) is 8.39. The summed E-state index contributed by atoms with van der Waals surface area (Å²) in [5.41, 5.74) is 0.737. The molecule has 0 unspecified atom stereocenters. The molecular formula is C12H18BrNO3S. The van der Waals surface area contributed by atoms with Crippen LogP contribution in [0, 0.1) is 6.92 Å². The molecule has 1 aromatic carbocycles. The number of ether oxygens (including phenoxy) is 1. The molecule has 0 fully saturated rings. The van der Waals surface area contributed by atoms with Crippen LogP contribution in [0.3, 0.4) is 0 Å². The van der Waals surface area contributed by atoms with E-state index >= 15 is 0 Å². The number of rotatable bonds is 6. The second kappa shape index (κ2) is 6.65. The van der Waals surface area contributed by atoms with E-state index in [9.17, 15) is 8.42 Å². The quantitative estimate of drug-likeness (QED) is 0.750. The molecule has 0 spiro atoms. The van der Waals surface area contributed by atoms with Gasteiger partial charge in [0.2, 0.25) is 10.0 Å². The highest BCUT2D eigenvalue weighted by Gasteiger charge is 2.22. The molecule has 0 radical (unpaired) electrons. The number of hydrogen-bond acceptors (Lipinski definition) is 3. The van der Waals surface area contributed by atoms with Crippen LogP contribution in [-0.2, 0) is 14.8 Å². The van der Waals surface area contributed by atoms with Gasteiger partial charge in [-0.3, -0.25) is 0 Å². The molecule has 18 heavy (non-hydrogen) atoms. The molecule has 1 rings (SSSR count). The minimum absolute atomic E-state index is 0.330. The normalized spacial score (nSPS) is 12.1. The molecule has 0 heterocycles. The Morgan fingerprint density at radius 2 is 2.06 bits per heavy atom. The molecule has 0 atom stereocenters. The Kier molecular flexibility index (Phi) is 5.78. The number of aryl methyl sites for hydroxylation is 1. The Labute approximate surface area is 117 Å².